The van der Waals surface area contributed by atoms with Gasteiger partial charge in [0.2, 0.25) is 5.91 Å². The van der Waals surface area contributed by atoms with Gasteiger partial charge in [-0.15, -0.1) is 0 Å². The molecule has 3 aliphatic carbocycles. The molecule has 0 saturated heterocycles. The van der Waals surface area contributed by atoms with Crippen molar-refractivity contribution in [1.29, 1.82) is 0 Å². The van der Waals surface area contributed by atoms with Crippen molar-refractivity contribution < 1.29 is 9.90 Å². The van der Waals surface area contributed by atoms with Gasteiger partial charge in [0, 0.05) is 17.6 Å². The summed E-state index contributed by atoms with van der Waals surface area (Å²) in [6, 6.07) is 9.22. The number of primary amides is 1. The summed E-state index contributed by atoms with van der Waals surface area (Å²) in [5.74, 6) is 2.16. The fourth-order valence-electron chi connectivity index (χ4n) is 6.79. The highest BCUT2D eigenvalue weighted by atomic mass is 16.3. The number of amides is 1. The Morgan fingerprint density at radius 2 is 1.80 bits per heavy atom. The highest BCUT2D eigenvalue weighted by molar-refractivity contribution is 5.77. The van der Waals surface area contributed by atoms with Crippen LogP contribution in [0.1, 0.15) is 50.0 Å². The summed E-state index contributed by atoms with van der Waals surface area (Å²) in [5.41, 5.74) is 8.47. The van der Waals surface area contributed by atoms with Gasteiger partial charge in [0.05, 0.1) is 12.0 Å². The van der Waals surface area contributed by atoms with Gasteiger partial charge in [0.15, 0.2) is 0 Å². The molecule has 4 aliphatic rings. The zero-order valence-corrected chi connectivity index (χ0v) is 14.6. The molecule has 8 unspecified atom stereocenters. The van der Waals surface area contributed by atoms with Gasteiger partial charge in [-0.3, -0.25) is 4.79 Å². The molecular weight excluding hydrogens is 312 g/mol. The standard InChI is InChI=1S/C21H28N2O2/c22-21(25)19-15-10-16-12(9-11(15)6-8-18(19)24)5-7-14-13-3-1-2-4-17(13)23-20(14)16/h1-4,11-12,14-16,18-20,23-24H,5-10H2,(H2,22,25). The van der Waals surface area contributed by atoms with E-state index in [4.69, 9.17) is 5.73 Å². The van der Waals surface area contributed by atoms with Crippen molar-refractivity contribution >= 4 is 11.6 Å². The predicted molar refractivity (Wildman–Crippen MR) is 96.9 cm³/mol. The van der Waals surface area contributed by atoms with E-state index in [1.54, 1.807) is 0 Å². The largest absolute Gasteiger partial charge is 0.392 e. The smallest absolute Gasteiger partial charge is 0.223 e. The number of hydrogen-bond donors (Lipinski definition) is 3. The third-order valence-electron chi connectivity index (χ3n) is 7.82. The van der Waals surface area contributed by atoms with Crippen LogP contribution in [0, 0.1) is 29.6 Å². The Morgan fingerprint density at radius 1 is 1.04 bits per heavy atom. The quantitative estimate of drug-likeness (QED) is 0.736. The number of aliphatic hydroxyl groups is 1. The fourth-order valence-corrected chi connectivity index (χ4v) is 6.79. The molecule has 4 nitrogen and oxygen atoms in total. The summed E-state index contributed by atoms with van der Waals surface area (Å²) < 4.78 is 0. The number of anilines is 1. The van der Waals surface area contributed by atoms with Gasteiger partial charge in [-0.05, 0) is 73.8 Å². The minimum atomic E-state index is -0.538. The van der Waals surface area contributed by atoms with Crippen molar-refractivity contribution in [2.24, 2.45) is 35.3 Å². The molecule has 1 heterocycles. The van der Waals surface area contributed by atoms with Crippen LogP contribution in [-0.2, 0) is 4.79 Å². The van der Waals surface area contributed by atoms with Crippen LogP contribution in [0.4, 0.5) is 5.69 Å². The predicted octanol–water partition coefficient (Wildman–Crippen LogP) is 2.87. The van der Waals surface area contributed by atoms with Crippen molar-refractivity contribution in [2.75, 3.05) is 5.32 Å². The molecule has 3 fully saturated rings. The zero-order chi connectivity index (χ0) is 17.1. The first kappa shape index (κ1) is 15.7. The summed E-state index contributed by atoms with van der Waals surface area (Å²) in [7, 11) is 0. The van der Waals surface area contributed by atoms with E-state index in [1.807, 2.05) is 0 Å². The maximum absolute atomic E-state index is 12.0. The van der Waals surface area contributed by atoms with Crippen LogP contribution in [0.2, 0.25) is 0 Å². The molecule has 1 aliphatic heterocycles. The van der Waals surface area contributed by atoms with Crippen molar-refractivity contribution in [2.45, 2.75) is 56.6 Å². The van der Waals surface area contributed by atoms with Crippen LogP contribution >= 0.6 is 0 Å². The van der Waals surface area contributed by atoms with E-state index in [0.717, 1.165) is 25.2 Å². The van der Waals surface area contributed by atoms with E-state index in [1.165, 1.54) is 30.5 Å². The van der Waals surface area contributed by atoms with E-state index in [9.17, 15) is 9.90 Å². The number of carbonyl (C=O) groups excluding carboxylic acids is 1. The lowest BCUT2D eigenvalue weighted by Gasteiger charge is -2.52. The third kappa shape index (κ3) is 2.33. The lowest BCUT2D eigenvalue weighted by atomic mass is 9.54. The number of carbonyl (C=O) groups is 1. The molecule has 1 aromatic carbocycles. The number of para-hydroxylation sites is 1. The minimum absolute atomic E-state index is 0.270. The van der Waals surface area contributed by atoms with Crippen molar-refractivity contribution in [3.63, 3.8) is 0 Å². The molecule has 5 rings (SSSR count). The maximum atomic E-state index is 12.0. The van der Waals surface area contributed by atoms with Crippen LogP contribution in [0.3, 0.4) is 0 Å². The molecule has 134 valence electrons. The number of aliphatic hydroxyl groups excluding tert-OH is 1. The average molecular weight is 340 g/mol. The molecule has 3 saturated carbocycles. The monoisotopic (exact) mass is 340 g/mol. The van der Waals surface area contributed by atoms with Gasteiger partial charge in [-0.25, -0.2) is 0 Å². The van der Waals surface area contributed by atoms with Crippen LogP contribution < -0.4 is 11.1 Å². The Hall–Kier alpha value is -1.55. The van der Waals surface area contributed by atoms with E-state index < -0.39 is 6.10 Å². The highest BCUT2D eigenvalue weighted by Crippen LogP contribution is 2.56. The first-order valence-electron chi connectivity index (χ1n) is 9.96. The number of fused-ring (bicyclic) bond motifs is 6. The summed E-state index contributed by atoms with van der Waals surface area (Å²) in [4.78, 5) is 12.0. The number of nitrogens with one attached hydrogen (secondary N) is 1. The molecule has 8 atom stereocenters. The number of hydrogen-bond acceptors (Lipinski definition) is 3. The number of rotatable bonds is 1. The summed E-state index contributed by atoms with van der Waals surface area (Å²) in [6.45, 7) is 0. The number of nitrogens with two attached hydrogens (primary N) is 1. The van der Waals surface area contributed by atoms with Gasteiger partial charge in [-0.2, -0.15) is 0 Å². The normalized spacial score (nSPS) is 44.7. The van der Waals surface area contributed by atoms with Crippen LogP contribution in [0.25, 0.3) is 0 Å². The van der Waals surface area contributed by atoms with Gasteiger partial charge < -0.3 is 16.2 Å². The molecule has 1 aromatic rings. The Morgan fingerprint density at radius 3 is 2.64 bits per heavy atom. The van der Waals surface area contributed by atoms with E-state index >= 15 is 0 Å². The summed E-state index contributed by atoms with van der Waals surface area (Å²) >= 11 is 0. The second-order valence-corrected chi connectivity index (χ2v) is 8.83. The highest BCUT2D eigenvalue weighted by Gasteiger charge is 2.52. The molecule has 0 radical (unpaired) electrons. The third-order valence-corrected chi connectivity index (χ3v) is 7.82. The summed E-state index contributed by atoms with van der Waals surface area (Å²) in [5, 5.41) is 14.2. The first-order chi connectivity index (χ1) is 12.1. The zero-order valence-electron chi connectivity index (χ0n) is 14.6. The first-order valence-corrected chi connectivity index (χ1v) is 9.96. The van der Waals surface area contributed by atoms with Gasteiger partial charge in [-0.1, -0.05) is 18.2 Å². The lowest BCUT2D eigenvalue weighted by molar-refractivity contribution is -0.135. The lowest BCUT2D eigenvalue weighted by Crippen LogP contribution is -2.52. The maximum Gasteiger partial charge on any atom is 0.223 e. The Balaban J connectivity index is 1.43. The van der Waals surface area contributed by atoms with E-state index in [-0.39, 0.29) is 17.7 Å². The second-order valence-electron chi connectivity index (χ2n) is 8.83. The van der Waals surface area contributed by atoms with Crippen molar-refractivity contribution in [3.8, 4) is 0 Å². The van der Waals surface area contributed by atoms with Crippen molar-refractivity contribution in [3.05, 3.63) is 29.8 Å². The Labute approximate surface area is 149 Å². The minimum Gasteiger partial charge on any atom is -0.392 e. The molecule has 0 spiro atoms. The summed E-state index contributed by atoms with van der Waals surface area (Å²) in [6.07, 6.45) is 6.09. The van der Waals surface area contributed by atoms with Gasteiger partial charge in [0.25, 0.3) is 0 Å². The van der Waals surface area contributed by atoms with Crippen LogP contribution in [0.15, 0.2) is 24.3 Å². The average Bonchev–Trinajstić information content (AvgIpc) is 2.99. The van der Waals surface area contributed by atoms with Crippen molar-refractivity contribution in [1.82, 2.24) is 0 Å². The van der Waals surface area contributed by atoms with Gasteiger partial charge >= 0.3 is 0 Å². The fraction of sp³-hybridized carbons (Fsp3) is 0.667. The molecule has 25 heavy (non-hydrogen) atoms. The Bertz CT molecular complexity index is 690. The van der Waals surface area contributed by atoms with Crippen LogP contribution in [-0.4, -0.2) is 23.2 Å². The molecule has 4 N–H and O–H groups in total. The molecule has 1 amide bonds. The topological polar surface area (TPSA) is 75.4 Å². The SMILES string of the molecule is NC(=O)C1C(O)CCC2CC3CCC4c5ccccc5NC4C3CC21. The number of benzene rings is 1. The van der Waals surface area contributed by atoms with E-state index in [2.05, 4.69) is 29.6 Å². The second kappa shape index (κ2) is 5.73. The molecule has 0 bridgehead atoms. The Kier molecular flexibility index (Phi) is 3.60. The van der Waals surface area contributed by atoms with Gasteiger partial charge in [0.1, 0.15) is 0 Å². The van der Waals surface area contributed by atoms with Crippen LogP contribution in [0.5, 0.6) is 0 Å². The van der Waals surface area contributed by atoms with E-state index in [0.29, 0.717) is 23.8 Å². The molecule has 4 heteroatoms. The molecular formula is C21H28N2O2. The molecule has 0 aromatic heterocycles.